The molecule has 0 saturated carbocycles. The van der Waals surface area contributed by atoms with E-state index in [0.29, 0.717) is 31.4 Å². The summed E-state index contributed by atoms with van der Waals surface area (Å²) in [5.41, 5.74) is 7.21. The van der Waals surface area contributed by atoms with Crippen LogP contribution in [0.2, 0.25) is 0 Å². The molecule has 0 bridgehead atoms. The van der Waals surface area contributed by atoms with Gasteiger partial charge in [-0.1, -0.05) is 44.9 Å². The molecular formula is C35H49NO4. The molecule has 0 heterocycles. The first kappa shape index (κ1) is 30.6. The van der Waals surface area contributed by atoms with Gasteiger partial charge in [0.25, 0.3) is 0 Å². The average Bonchev–Trinajstić information content (AvgIpc) is 2.79. The van der Waals surface area contributed by atoms with Crippen LogP contribution in [0, 0.1) is 23.2 Å². The second kappa shape index (κ2) is 10.2. The molecule has 3 aliphatic carbocycles. The number of ketones is 3. The van der Waals surface area contributed by atoms with E-state index in [2.05, 4.69) is 40.7 Å². The maximum atomic E-state index is 14.1. The molecule has 0 amide bonds. The molecule has 4 atom stereocenters. The minimum atomic E-state index is -0.855. The van der Waals surface area contributed by atoms with E-state index < -0.39 is 11.5 Å². The van der Waals surface area contributed by atoms with Gasteiger partial charge in [-0.3, -0.25) is 14.4 Å². The van der Waals surface area contributed by atoms with E-state index in [1.165, 1.54) is 18.1 Å². The third-order valence-corrected chi connectivity index (χ3v) is 10.7. The fraction of sp³-hybridized carbons (Fsp3) is 0.629. The van der Waals surface area contributed by atoms with Crippen LogP contribution in [0.1, 0.15) is 114 Å². The third kappa shape index (κ3) is 4.48. The number of aliphatic hydroxyl groups excluding tert-OH is 1. The molecule has 1 aromatic carbocycles. The van der Waals surface area contributed by atoms with Gasteiger partial charge in [0.05, 0.1) is 17.5 Å². The second-order valence-electron chi connectivity index (χ2n) is 14.3. The van der Waals surface area contributed by atoms with Gasteiger partial charge in [0, 0.05) is 6.42 Å². The molecule has 218 valence electrons. The number of hydrogen-bond acceptors (Lipinski definition) is 5. The highest BCUT2D eigenvalue weighted by atomic mass is 16.3. The Hall–Kier alpha value is -2.37. The summed E-state index contributed by atoms with van der Waals surface area (Å²) in [4.78, 5) is 41.2. The molecule has 3 aliphatic rings. The third-order valence-electron chi connectivity index (χ3n) is 10.7. The van der Waals surface area contributed by atoms with Gasteiger partial charge in [-0.2, -0.15) is 0 Å². The quantitative estimate of drug-likeness (QED) is 0.316. The fourth-order valence-electron chi connectivity index (χ4n) is 8.78. The summed E-state index contributed by atoms with van der Waals surface area (Å²) in [5, 5.41) is 12.3. The van der Waals surface area contributed by atoms with Crippen molar-refractivity contribution in [3.05, 3.63) is 56.2 Å². The first-order valence-corrected chi connectivity index (χ1v) is 14.9. The topological polar surface area (TPSA) is 74.7 Å². The van der Waals surface area contributed by atoms with Crippen molar-refractivity contribution in [2.75, 3.05) is 20.6 Å². The second-order valence-corrected chi connectivity index (χ2v) is 14.3. The number of carbonyl (C=O) groups excluding carboxylic acids is 3. The van der Waals surface area contributed by atoms with Crippen LogP contribution in [0.3, 0.4) is 0 Å². The number of fused-ring (bicyclic) bond motifs is 3. The molecule has 1 N–H and O–H groups in total. The summed E-state index contributed by atoms with van der Waals surface area (Å²) < 4.78 is 0. The largest absolute Gasteiger partial charge is 0.384 e. The molecule has 1 aromatic rings. The Kier molecular flexibility index (Phi) is 7.77. The smallest absolute Gasteiger partial charge is 0.176 e. The molecule has 0 aromatic heterocycles. The number of Topliss-reactive ketones (excluding diaryl/α,β-unsaturated/α-hetero) is 3. The average molecular weight is 548 g/mol. The zero-order chi connectivity index (χ0) is 30.1. The number of rotatable bonds is 7. The molecule has 4 rings (SSSR count). The molecule has 0 fully saturated rings. The van der Waals surface area contributed by atoms with Crippen molar-refractivity contribution in [3.8, 4) is 0 Å². The zero-order valence-electron chi connectivity index (χ0n) is 26.6. The van der Waals surface area contributed by atoms with Crippen LogP contribution >= 0.6 is 0 Å². The normalized spacial score (nSPS) is 30.1. The van der Waals surface area contributed by atoms with Crippen molar-refractivity contribution in [2.45, 2.75) is 106 Å². The summed E-state index contributed by atoms with van der Waals surface area (Å²) in [6.07, 6.45) is 2.56. The van der Waals surface area contributed by atoms with Crippen LogP contribution in [0.4, 0.5) is 0 Å². The molecule has 0 aliphatic heterocycles. The number of aliphatic hydroxyl groups is 1. The standard InChI is InChI=1S/C35H49NO4/c1-19(2)26-14-24(12-13-25(38)17-36(10)11)21(4)29-27(26)16-33(7)18-34(8)15-20(3)28(23(6)37)32(40)35(34,9)22(5)30(33)31(29)39/h14,19,31,39H,12-13,15-18H2,1-11H3. The lowest BCUT2D eigenvalue weighted by molar-refractivity contribution is -0.135. The van der Waals surface area contributed by atoms with Crippen molar-refractivity contribution in [3.63, 3.8) is 0 Å². The number of carbonyl (C=O) groups is 3. The highest BCUT2D eigenvalue weighted by Crippen LogP contribution is 2.68. The molecule has 0 saturated heterocycles. The fourth-order valence-corrected chi connectivity index (χ4v) is 8.78. The van der Waals surface area contributed by atoms with Gasteiger partial charge in [-0.15, -0.1) is 0 Å². The summed E-state index contributed by atoms with van der Waals surface area (Å²) in [7, 11) is 3.82. The minimum absolute atomic E-state index is 0.0935. The van der Waals surface area contributed by atoms with Gasteiger partial charge in [-0.25, -0.2) is 0 Å². The van der Waals surface area contributed by atoms with E-state index >= 15 is 0 Å². The van der Waals surface area contributed by atoms with Crippen molar-refractivity contribution in [1.82, 2.24) is 4.90 Å². The zero-order valence-corrected chi connectivity index (χ0v) is 26.6. The maximum Gasteiger partial charge on any atom is 0.176 e. The van der Waals surface area contributed by atoms with Crippen molar-refractivity contribution in [2.24, 2.45) is 16.2 Å². The predicted molar refractivity (Wildman–Crippen MR) is 160 cm³/mol. The number of aryl methyl sites for hydroxylation is 1. The molecule has 4 unspecified atom stereocenters. The number of likely N-dealkylation sites (N-methyl/N-ethyl adjacent to an activating group) is 1. The summed E-state index contributed by atoms with van der Waals surface area (Å²) in [5.74, 6) is 0.221. The van der Waals surface area contributed by atoms with Crippen LogP contribution in [-0.4, -0.2) is 48.0 Å². The van der Waals surface area contributed by atoms with E-state index in [9.17, 15) is 19.5 Å². The maximum absolute atomic E-state index is 14.1. The SMILES string of the molecule is CC(=O)C1=C(C)CC2(C)CC3(C)Cc4c(C(C)C)cc(CCC(=O)CN(C)C)c(C)c4C(O)C3=C(C)C2(C)C1=O. The van der Waals surface area contributed by atoms with Crippen molar-refractivity contribution in [1.29, 1.82) is 0 Å². The van der Waals surface area contributed by atoms with Gasteiger partial charge in [-0.05, 0) is 125 Å². The highest BCUT2D eigenvalue weighted by molar-refractivity contribution is 6.23. The van der Waals surface area contributed by atoms with Crippen LogP contribution in [0.25, 0.3) is 0 Å². The molecular weight excluding hydrogens is 498 g/mol. The van der Waals surface area contributed by atoms with E-state index in [4.69, 9.17) is 0 Å². The van der Waals surface area contributed by atoms with E-state index in [0.717, 1.165) is 46.3 Å². The van der Waals surface area contributed by atoms with Gasteiger partial charge < -0.3 is 10.0 Å². The highest BCUT2D eigenvalue weighted by Gasteiger charge is 2.63. The van der Waals surface area contributed by atoms with Crippen molar-refractivity contribution >= 4 is 17.3 Å². The van der Waals surface area contributed by atoms with Crippen molar-refractivity contribution < 1.29 is 19.5 Å². The van der Waals surface area contributed by atoms with Crippen LogP contribution in [-0.2, 0) is 27.2 Å². The molecule has 5 nitrogen and oxygen atoms in total. The number of hydrogen-bond donors (Lipinski definition) is 1. The number of benzene rings is 1. The lowest BCUT2D eigenvalue weighted by Gasteiger charge is -2.60. The Morgan fingerprint density at radius 1 is 1.10 bits per heavy atom. The van der Waals surface area contributed by atoms with Gasteiger partial charge in [0.2, 0.25) is 0 Å². The molecule has 0 spiro atoms. The molecule has 5 heteroatoms. The lowest BCUT2D eigenvalue weighted by Crippen LogP contribution is -2.57. The van der Waals surface area contributed by atoms with Gasteiger partial charge in [0.15, 0.2) is 11.6 Å². The van der Waals surface area contributed by atoms with Crippen LogP contribution in [0.5, 0.6) is 0 Å². The Labute approximate surface area is 241 Å². The Morgan fingerprint density at radius 2 is 1.73 bits per heavy atom. The molecule has 40 heavy (non-hydrogen) atoms. The number of nitrogens with zero attached hydrogens (tertiary/aromatic N) is 1. The molecule has 0 radical (unpaired) electrons. The van der Waals surface area contributed by atoms with E-state index in [1.807, 2.05) is 39.8 Å². The Bertz CT molecular complexity index is 1360. The van der Waals surface area contributed by atoms with E-state index in [1.54, 1.807) is 0 Å². The van der Waals surface area contributed by atoms with Gasteiger partial charge in [0.1, 0.15) is 11.9 Å². The lowest BCUT2D eigenvalue weighted by atomic mass is 9.42. The summed E-state index contributed by atoms with van der Waals surface area (Å²) in [6.45, 7) is 18.8. The minimum Gasteiger partial charge on any atom is -0.384 e. The summed E-state index contributed by atoms with van der Waals surface area (Å²) >= 11 is 0. The monoisotopic (exact) mass is 547 g/mol. The first-order valence-electron chi connectivity index (χ1n) is 14.9. The predicted octanol–water partition coefficient (Wildman–Crippen LogP) is 6.39. The first-order chi connectivity index (χ1) is 18.4. The van der Waals surface area contributed by atoms with Gasteiger partial charge >= 0.3 is 0 Å². The number of allylic oxidation sites excluding steroid dienone is 3. The van der Waals surface area contributed by atoms with Crippen LogP contribution in [0.15, 0.2) is 28.4 Å². The Balaban J connectivity index is 1.90. The van der Waals surface area contributed by atoms with Crippen LogP contribution < -0.4 is 0 Å². The van der Waals surface area contributed by atoms with E-state index in [-0.39, 0.29) is 34.1 Å². The summed E-state index contributed by atoms with van der Waals surface area (Å²) in [6, 6.07) is 2.28. The Morgan fingerprint density at radius 3 is 2.27 bits per heavy atom.